The smallest absolute Gasteiger partial charge is 0.0725 e. The predicted octanol–water partition coefficient (Wildman–Crippen LogP) is 13.2. The molecule has 7 aromatic carbocycles. The molecule has 2 unspecified atom stereocenters. The van der Waals surface area contributed by atoms with Crippen molar-refractivity contribution in [2.75, 3.05) is 0 Å². The summed E-state index contributed by atoms with van der Waals surface area (Å²) >= 11 is 0. The summed E-state index contributed by atoms with van der Waals surface area (Å²) in [6.07, 6.45) is 14.1. The fourth-order valence-corrected chi connectivity index (χ4v) is 10.6. The lowest BCUT2D eigenvalue weighted by atomic mass is 9.70. The Labute approximate surface area is 310 Å². The molecule has 0 saturated heterocycles. The summed E-state index contributed by atoms with van der Waals surface area (Å²) in [6.45, 7) is 0. The zero-order valence-corrected chi connectivity index (χ0v) is 29.1. The van der Waals surface area contributed by atoms with Gasteiger partial charge in [0.2, 0.25) is 0 Å². The summed E-state index contributed by atoms with van der Waals surface area (Å²) in [5.74, 6) is 0.684. The van der Waals surface area contributed by atoms with E-state index in [4.69, 9.17) is 0 Å². The molecule has 0 heteroatoms. The molecule has 5 aliphatic rings. The minimum atomic E-state index is -0.393. The van der Waals surface area contributed by atoms with Crippen LogP contribution >= 0.6 is 0 Å². The van der Waals surface area contributed by atoms with Gasteiger partial charge in [-0.25, -0.2) is 0 Å². The van der Waals surface area contributed by atoms with E-state index in [2.05, 4.69) is 194 Å². The molecule has 0 amide bonds. The zero-order chi connectivity index (χ0) is 34.7. The van der Waals surface area contributed by atoms with Gasteiger partial charge in [0, 0.05) is 11.8 Å². The molecule has 0 saturated carbocycles. The third kappa shape index (κ3) is 3.75. The van der Waals surface area contributed by atoms with Crippen LogP contribution in [0.15, 0.2) is 194 Å². The van der Waals surface area contributed by atoms with Gasteiger partial charge in [0.25, 0.3) is 0 Å². The Morgan fingerprint density at radius 2 is 0.830 bits per heavy atom. The highest BCUT2D eigenvalue weighted by atomic mass is 14.5. The molecule has 0 bridgehead atoms. The zero-order valence-electron chi connectivity index (χ0n) is 29.1. The molecule has 12 rings (SSSR count). The Bertz CT molecular complexity index is 2760. The highest BCUT2D eigenvalue weighted by Crippen LogP contribution is 2.64. The molecule has 0 aliphatic heterocycles. The maximum absolute atomic E-state index is 2.55. The summed E-state index contributed by atoms with van der Waals surface area (Å²) in [5.41, 5.74) is 23.8. The van der Waals surface area contributed by atoms with Gasteiger partial charge in [0.1, 0.15) is 0 Å². The highest BCUT2D eigenvalue weighted by molar-refractivity contribution is 6.10. The Morgan fingerprint density at radius 1 is 0.340 bits per heavy atom. The van der Waals surface area contributed by atoms with Crippen molar-refractivity contribution >= 4 is 11.1 Å². The number of hydrogen-bond acceptors (Lipinski definition) is 0. The van der Waals surface area contributed by atoms with Crippen LogP contribution < -0.4 is 0 Å². The van der Waals surface area contributed by atoms with E-state index in [1.54, 1.807) is 0 Å². The van der Waals surface area contributed by atoms with Crippen molar-refractivity contribution in [2.45, 2.75) is 5.41 Å². The predicted molar refractivity (Wildman–Crippen MR) is 220 cm³/mol. The van der Waals surface area contributed by atoms with E-state index < -0.39 is 5.41 Å². The van der Waals surface area contributed by atoms with Crippen molar-refractivity contribution in [2.24, 2.45) is 11.8 Å². The molecule has 2 atom stereocenters. The summed E-state index contributed by atoms with van der Waals surface area (Å²) in [6, 6.07) is 59.4. The number of hydrogen-bond donors (Lipinski definition) is 0. The summed E-state index contributed by atoms with van der Waals surface area (Å²) in [7, 11) is 0. The third-order valence-corrected chi connectivity index (χ3v) is 12.6. The van der Waals surface area contributed by atoms with Gasteiger partial charge in [-0.3, -0.25) is 0 Å². The van der Waals surface area contributed by atoms with Gasteiger partial charge in [-0.15, -0.1) is 0 Å². The Balaban J connectivity index is 1.21. The average molecular weight is 671 g/mol. The second-order valence-corrected chi connectivity index (χ2v) is 15.0. The second kappa shape index (κ2) is 10.8. The number of allylic oxidation sites excluding steroid dienone is 8. The van der Waals surface area contributed by atoms with Crippen molar-refractivity contribution in [3.8, 4) is 55.6 Å². The molecule has 5 aliphatic carbocycles. The van der Waals surface area contributed by atoms with Crippen LogP contribution in [0.4, 0.5) is 0 Å². The fourth-order valence-electron chi connectivity index (χ4n) is 10.6. The topological polar surface area (TPSA) is 0 Å². The molecule has 0 radical (unpaired) electrons. The Morgan fingerprint density at radius 3 is 1.43 bits per heavy atom. The molecular weight excluding hydrogens is 637 g/mol. The van der Waals surface area contributed by atoms with E-state index in [1.807, 2.05) is 0 Å². The van der Waals surface area contributed by atoms with Gasteiger partial charge < -0.3 is 0 Å². The number of benzene rings is 7. The quantitative estimate of drug-likeness (QED) is 0.175. The maximum Gasteiger partial charge on any atom is 0.0725 e. The van der Waals surface area contributed by atoms with E-state index in [0.29, 0.717) is 11.8 Å². The SMILES string of the molecule is C1=CC2C=CC=C3c4c(c(-c5ccccc5)cc(-c5ccc6c(c5)C5(c7ccccc7-c7ccccc75)c5ccccc5-6)c4-c4ccccc4)C(=C1)C32. The lowest BCUT2D eigenvalue weighted by Crippen LogP contribution is -2.25. The minimum absolute atomic E-state index is 0.324. The van der Waals surface area contributed by atoms with Crippen molar-refractivity contribution in [3.05, 3.63) is 228 Å². The summed E-state index contributed by atoms with van der Waals surface area (Å²) in [5, 5.41) is 0. The minimum Gasteiger partial charge on any atom is -0.0767 e. The van der Waals surface area contributed by atoms with Crippen molar-refractivity contribution < 1.29 is 0 Å². The molecule has 246 valence electrons. The molecule has 0 heterocycles. The van der Waals surface area contributed by atoms with E-state index >= 15 is 0 Å². The second-order valence-electron chi connectivity index (χ2n) is 15.0. The average Bonchev–Trinajstić information content (AvgIpc) is 3.84. The Kier molecular flexibility index (Phi) is 5.91. The van der Waals surface area contributed by atoms with Gasteiger partial charge in [-0.05, 0) is 112 Å². The maximum atomic E-state index is 2.55. The molecular formula is C53H34. The van der Waals surface area contributed by atoms with Crippen molar-refractivity contribution in [1.29, 1.82) is 0 Å². The van der Waals surface area contributed by atoms with Crippen LogP contribution in [0.3, 0.4) is 0 Å². The van der Waals surface area contributed by atoms with Gasteiger partial charge in [-0.1, -0.05) is 182 Å². The summed E-state index contributed by atoms with van der Waals surface area (Å²) in [4.78, 5) is 0. The van der Waals surface area contributed by atoms with E-state index in [-0.39, 0.29) is 0 Å². The van der Waals surface area contributed by atoms with Crippen LogP contribution in [-0.2, 0) is 5.41 Å². The van der Waals surface area contributed by atoms with Gasteiger partial charge in [0.05, 0.1) is 5.41 Å². The van der Waals surface area contributed by atoms with Crippen LogP contribution in [-0.4, -0.2) is 0 Å². The monoisotopic (exact) mass is 670 g/mol. The molecule has 0 aromatic heterocycles. The van der Waals surface area contributed by atoms with Crippen LogP contribution in [0.2, 0.25) is 0 Å². The lowest BCUT2D eigenvalue weighted by molar-refractivity contribution is 0.707. The van der Waals surface area contributed by atoms with E-state index in [1.165, 1.54) is 100 Å². The first kappa shape index (κ1) is 29.1. The van der Waals surface area contributed by atoms with Gasteiger partial charge in [0.15, 0.2) is 0 Å². The van der Waals surface area contributed by atoms with E-state index in [9.17, 15) is 0 Å². The van der Waals surface area contributed by atoms with Crippen LogP contribution in [0.25, 0.3) is 66.8 Å². The van der Waals surface area contributed by atoms with Gasteiger partial charge >= 0.3 is 0 Å². The number of rotatable bonds is 3. The van der Waals surface area contributed by atoms with Crippen LogP contribution in [0.1, 0.15) is 33.4 Å². The van der Waals surface area contributed by atoms with Crippen LogP contribution in [0, 0.1) is 11.8 Å². The molecule has 0 nitrogen and oxygen atoms in total. The largest absolute Gasteiger partial charge is 0.0767 e. The lowest BCUT2D eigenvalue weighted by Gasteiger charge is -2.31. The van der Waals surface area contributed by atoms with Gasteiger partial charge in [-0.2, -0.15) is 0 Å². The van der Waals surface area contributed by atoms with Crippen molar-refractivity contribution in [3.63, 3.8) is 0 Å². The van der Waals surface area contributed by atoms with Crippen LogP contribution in [0.5, 0.6) is 0 Å². The number of fused-ring (bicyclic) bond motifs is 13. The first-order chi connectivity index (χ1) is 26.3. The molecule has 0 fully saturated rings. The fraction of sp³-hybridized carbons (Fsp3) is 0.0566. The Hall–Kier alpha value is -6.50. The van der Waals surface area contributed by atoms with Crippen molar-refractivity contribution in [1.82, 2.24) is 0 Å². The first-order valence-corrected chi connectivity index (χ1v) is 18.9. The normalized spacial score (nSPS) is 18.4. The molecule has 7 aromatic rings. The summed E-state index contributed by atoms with van der Waals surface area (Å²) < 4.78 is 0. The highest BCUT2D eigenvalue weighted by Gasteiger charge is 2.51. The van der Waals surface area contributed by atoms with E-state index in [0.717, 1.165) is 0 Å². The molecule has 1 spiro atoms. The third-order valence-electron chi connectivity index (χ3n) is 12.6. The molecule has 0 N–H and O–H groups in total. The first-order valence-electron chi connectivity index (χ1n) is 18.9. The standard InChI is InChI=1S/C53H34/c1-3-15-33(16-4-1)43-32-44(50(35-17-5-2-6-18-35)52-42-25-14-20-34-19-13-24-41(49(34)42)51(43)52)36-29-30-40-39-23-9-12-28-47(39)53(48(40)31-36)45-26-10-7-21-37(45)38-22-8-11-27-46(38)53/h1-32,34,49H. The molecule has 53 heavy (non-hydrogen) atoms.